The number of carbonyl (C=O) groups is 1. The van der Waals surface area contributed by atoms with Crippen LogP contribution < -0.4 is 5.32 Å². The smallest absolute Gasteiger partial charge is 0.244 e. The van der Waals surface area contributed by atoms with Crippen molar-refractivity contribution >= 4 is 26.8 Å². The number of nitrogens with one attached hydrogen (secondary N) is 2. The van der Waals surface area contributed by atoms with E-state index in [-0.39, 0.29) is 11.8 Å². The Hall–Kier alpha value is -1.93. The summed E-state index contributed by atoms with van der Waals surface area (Å²) >= 11 is 0. The van der Waals surface area contributed by atoms with E-state index in [0.717, 1.165) is 29.7 Å². The Morgan fingerprint density at radius 3 is 2.48 bits per heavy atom. The second-order valence-electron chi connectivity index (χ2n) is 7.72. The van der Waals surface area contributed by atoms with E-state index in [1.807, 2.05) is 24.3 Å². The van der Waals surface area contributed by atoms with Crippen LogP contribution in [0.4, 0.5) is 0 Å². The molecule has 0 atom stereocenters. The zero-order chi connectivity index (χ0) is 19.1. The molecule has 2 fully saturated rings. The third kappa shape index (κ3) is 3.25. The molecule has 27 heavy (non-hydrogen) atoms. The van der Waals surface area contributed by atoms with Gasteiger partial charge in [-0.3, -0.25) is 4.79 Å². The lowest BCUT2D eigenvalue weighted by atomic mass is 9.91. The molecule has 4 rings (SSSR count). The lowest BCUT2D eigenvalue weighted by molar-refractivity contribution is -0.135. The van der Waals surface area contributed by atoms with Gasteiger partial charge in [-0.25, -0.2) is 13.4 Å². The third-order valence-electron chi connectivity index (χ3n) is 6.09. The van der Waals surface area contributed by atoms with Crippen molar-refractivity contribution in [2.45, 2.75) is 36.3 Å². The fourth-order valence-electron chi connectivity index (χ4n) is 4.38. The van der Waals surface area contributed by atoms with E-state index in [1.165, 1.54) is 6.26 Å². The number of hydrogen-bond acceptors (Lipinski definition) is 5. The van der Waals surface area contributed by atoms with Gasteiger partial charge in [-0.15, -0.1) is 0 Å². The van der Waals surface area contributed by atoms with Gasteiger partial charge in [0.15, 0.2) is 14.6 Å². The molecule has 1 amide bonds. The molecule has 0 aliphatic carbocycles. The van der Waals surface area contributed by atoms with Gasteiger partial charge in [0, 0.05) is 25.3 Å². The number of aromatic nitrogens is 2. The third-order valence-corrected chi connectivity index (χ3v) is 8.09. The average molecular weight is 391 g/mol. The molecule has 8 heteroatoms. The minimum absolute atomic E-state index is 0.213. The highest BCUT2D eigenvalue weighted by Crippen LogP contribution is 2.33. The minimum Gasteiger partial charge on any atom is -0.342 e. The minimum atomic E-state index is -3.47. The fraction of sp³-hybridized carbons (Fsp3) is 0.579. The quantitative estimate of drug-likeness (QED) is 0.827. The lowest BCUT2D eigenvalue weighted by Crippen LogP contribution is -2.59. The van der Waals surface area contributed by atoms with Gasteiger partial charge in [-0.1, -0.05) is 12.1 Å². The number of H-pyrrole nitrogens is 1. The van der Waals surface area contributed by atoms with Crippen LogP contribution >= 0.6 is 0 Å². The highest BCUT2D eigenvalue weighted by Gasteiger charge is 2.50. The predicted octanol–water partition coefficient (Wildman–Crippen LogP) is 1.44. The summed E-state index contributed by atoms with van der Waals surface area (Å²) in [7, 11) is -3.47. The van der Waals surface area contributed by atoms with Crippen molar-refractivity contribution in [2.75, 3.05) is 32.4 Å². The Morgan fingerprint density at radius 2 is 1.85 bits per heavy atom. The number of piperidine rings is 2. The number of hydrogen-bond donors (Lipinski definition) is 2. The number of imidazole rings is 1. The van der Waals surface area contributed by atoms with E-state index >= 15 is 0 Å². The molecule has 7 nitrogen and oxygen atoms in total. The van der Waals surface area contributed by atoms with Crippen molar-refractivity contribution in [1.82, 2.24) is 20.2 Å². The number of amides is 1. The van der Waals surface area contributed by atoms with Gasteiger partial charge in [0.2, 0.25) is 5.91 Å². The van der Waals surface area contributed by atoms with Crippen LogP contribution in [0, 0.1) is 0 Å². The molecular formula is C19H26N4O3S. The van der Waals surface area contributed by atoms with Gasteiger partial charge >= 0.3 is 0 Å². The Kier molecular flexibility index (Phi) is 4.71. The molecule has 1 aromatic heterocycles. The van der Waals surface area contributed by atoms with Crippen LogP contribution in [0.2, 0.25) is 0 Å². The number of aromatic amines is 1. The average Bonchev–Trinajstić information content (AvgIpc) is 3.11. The summed E-state index contributed by atoms with van der Waals surface area (Å²) in [5, 5.41) is 3.16. The highest BCUT2D eigenvalue weighted by atomic mass is 32.2. The van der Waals surface area contributed by atoms with Crippen molar-refractivity contribution in [3.63, 3.8) is 0 Å². The molecule has 2 aromatic rings. The number of benzene rings is 1. The highest BCUT2D eigenvalue weighted by molar-refractivity contribution is 7.92. The van der Waals surface area contributed by atoms with Gasteiger partial charge in [-0.05, 0) is 50.9 Å². The summed E-state index contributed by atoms with van der Waals surface area (Å²) in [5.41, 5.74) is 1.98. The molecule has 2 saturated heterocycles. The van der Waals surface area contributed by atoms with E-state index in [4.69, 9.17) is 0 Å². The molecule has 2 aliphatic heterocycles. The predicted molar refractivity (Wildman–Crippen MR) is 104 cm³/mol. The number of para-hydroxylation sites is 2. The molecule has 2 N–H and O–H groups in total. The molecule has 0 unspecified atom stereocenters. The molecule has 1 aromatic carbocycles. The van der Waals surface area contributed by atoms with E-state index in [2.05, 4.69) is 15.3 Å². The normalized spacial score (nSPS) is 21.4. The van der Waals surface area contributed by atoms with Crippen molar-refractivity contribution in [3.8, 4) is 0 Å². The van der Waals surface area contributed by atoms with E-state index < -0.39 is 14.6 Å². The zero-order valence-electron chi connectivity index (χ0n) is 15.6. The molecule has 0 bridgehead atoms. The second kappa shape index (κ2) is 6.91. The van der Waals surface area contributed by atoms with Gasteiger partial charge in [0.1, 0.15) is 5.82 Å². The van der Waals surface area contributed by atoms with Crippen molar-refractivity contribution in [3.05, 3.63) is 30.1 Å². The maximum atomic E-state index is 13.2. The first-order chi connectivity index (χ1) is 12.9. The molecule has 2 aliphatic rings. The van der Waals surface area contributed by atoms with Gasteiger partial charge in [0.05, 0.1) is 11.0 Å². The molecule has 0 saturated carbocycles. The number of nitrogens with zero attached hydrogens (tertiary/aromatic N) is 2. The summed E-state index contributed by atoms with van der Waals surface area (Å²) in [6.07, 6.45) is 3.51. The fourth-order valence-corrected chi connectivity index (χ4v) is 5.78. The molecular weight excluding hydrogens is 364 g/mol. The van der Waals surface area contributed by atoms with E-state index in [0.29, 0.717) is 39.0 Å². The maximum Gasteiger partial charge on any atom is 0.244 e. The Balaban J connectivity index is 1.48. The number of sulfone groups is 1. The first kappa shape index (κ1) is 18.4. The van der Waals surface area contributed by atoms with Crippen LogP contribution in [0.1, 0.15) is 37.4 Å². The Morgan fingerprint density at radius 1 is 1.19 bits per heavy atom. The van der Waals surface area contributed by atoms with Gasteiger partial charge in [-0.2, -0.15) is 0 Å². The van der Waals surface area contributed by atoms with Crippen LogP contribution in [0.25, 0.3) is 11.0 Å². The molecule has 0 radical (unpaired) electrons. The topological polar surface area (TPSA) is 95.2 Å². The summed E-state index contributed by atoms with van der Waals surface area (Å²) in [6.45, 7) is 2.28. The molecule has 146 valence electrons. The van der Waals surface area contributed by atoms with Crippen LogP contribution in [0.3, 0.4) is 0 Å². The van der Waals surface area contributed by atoms with Gasteiger partial charge < -0.3 is 15.2 Å². The first-order valence-corrected chi connectivity index (χ1v) is 11.4. The summed E-state index contributed by atoms with van der Waals surface area (Å²) in [5.74, 6) is 1.02. The van der Waals surface area contributed by atoms with Crippen LogP contribution in [0.5, 0.6) is 0 Å². The Bertz CT molecular complexity index is 906. The number of carbonyl (C=O) groups excluding carboxylic acids is 1. The zero-order valence-corrected chi connectivity index (χ0v) is 16.4. The number of fused-ring (bicyclic) bond motifs is 1. The van der Waals surface area contributed by atoms with Crippen molar-refractivity contribution in [2.24, 2.45) is 0 Å². The van der Waals surface area contributed by atoms with Crippen molar-refractivity contribution in [1.29, 1.82) is 0 Å². The van der Waals surface area contributed by atoms with Crippen LogP contribution in [0.15, 0.2) is 24.3 Å². The van der Waals surface area contributed by atoms with Crippen molar-refractivity contribution < 1.29 is 13.2 Å². The monoisotopic (exact) mass is 390 g/mol. The molecule has 0 spiro atoms. The SMILES string of the molecule is CS(=O)(=O)C1(C(=O)N2CCC(c3nc4ccccc4[nH]3)CC2)CCNCC1. The maximum absolute atomic E-state index is 13.2. The summed E-state index contributed by atoms with van der Waals surface area (Å²) < 4.78 is 23.7. The summed E-state index contributed by atoms with van der Waals surface area (Å²) in [6, 6.07) is 7.95. The summed E-state index contributed by atoms with van der Waals surface area (Å²) in [4.78, 5) is 23.0. The standard InChI is InChI=1S/C19H26N4O3S/c1-27(25,26)19(8-10-20-11-9-19)18(24)23-12-6-14(7-13-23)17-21-15-4-2-3-5-16(15)22-17/h2-5,14,20H,6-13H2,1H3,(H,21,22). The molecule has 3 heterocycles. The van der Waals surface area contributed by atoms with Crippen LogP contribution in [-0.4, -0.2) is 66.4 Å². The first-order valence-electron chi connectivity index (χ1n) is 9.55. The van der Waals surface area contributed by atoms with Crippen LogP contribution in [-0.2, 0) is 14.6 Å². The second-order valence-corrected chi connectivity index (χ2v) is 10.0. The number of likely N-dealkylation sites (tertiary alicyclic amines) is 1. The Labute approximate surface area is 159 Å². The van der Waals surface area contributed by atoms with E-state index in [9.17, 15) is 13.2 Å². The van der Waals surface area contributed by atoms with Gasteiger partial charge in [0.25, 0.3) is 0 Å². The van der Waals surface area contributed by atoms with E-state index in [1.54, 1.807) is 4.90 Å². The largest absolute Gasteiger partial charge is 0.342 e. The lowest BCUT2D eigenvalue weighted by Gasteiger charge is -2.40. The number of rotatable bonds is 3.